The highest BCUT2D eigenvalue weighted by molar-refractivity contribution is 7.12. The van der Waals surface area contributed by atoms with Gasteiger partial charge >= 0.3 is 6.03 Å². The van der Waals surface area contributed by atoms with Crippen molar-refractivity contribution in [2.45, 2.75) is 32.2 Å². The van der Waals surface area contributed by atoms with Crippen molar-refractivity contribution in [1.82, 2.24) is 15.8 Å². The van der Waals surface area contributed by atoms with E-state index >= 15 is 0 Å². The average Bonchev–Trinajstić information content (AvgIpc) is 3.29. The molecule has 4 amide bonds. The monoisotopic (exact) mass is 461 g/mol. The molecule has 3 aromatic rings. The first-order valence-corrected chi connectivity index (χ1v) is 11.3. The van der Waals surface area contributed by atoms with E-state index in [-0.39, 0.29) is 18.6 Å². The zero-order valence-electron chi connectivity index (χ0n) is 18.3. The number of hydrogen-bond donors (Lipinski definition) is 2. The van der Waals surface area contributed by atoms with Crippen molar-refractivity contribution in [3.05, 3.63) is 93.2 Å². The Kier molecular flexibility index (Phi) is 6.11. The Morgan fingerprint density at radius 3 is 2.03 bits per heavy atom. The second-order valence-electron chi connectivity index (χ2n) is 7.84. The van der Waals surface area contributed by atoms with Gasteiger partial charge in [0.1, 0.15) is 0 Å². The summed E-state index contributed by atoms with van der Waals surface area (Å²) < 4.78 is 0. The van der Waals surface area contributed by atoms with Gasteiger partial charge in [0, 0.05) is 28.2 Å². The van der Waals surface area contributed by atoms with Crippen LogP contribution < -0.4 is 10.7 Å². The molecule has 1 saturated heterocycles. The summed E-state index contributed by atoms with van der Waals surface area (Å²) in [7, 11) is 0. The smallest absolute Gasteiger partial charge is 0.314 e. The lowest BCUT2D eigenvalue weighted by Gasteiger charge is -2.27. The minimum atomic E-state index is -1.46. The maximum atomic E-state index is 13.5. The summed E-state index contributed by atoms with van der Waals surface area (Å²) in [6, 6.07) is 18.8. The van der Waals surface area contributed by atoms with Crippen molar-refractivity contribution in [3.8, 4) is 0 Å². The lowest BCUT2D eigenvalue weighted by Crippen LogP contribution is -2.49. The maximum Gasteiger partial charge on any atom is 0.344 e. The van der Waals surface area contributed by atoms with E-state index in [4.69, 9.17) is 0 Å². The Labute approximate surface area is 195 Å². The van der Waals surface area contributed by atoms with Crippen LogP contribution in [0.2, 0.25) is 0 Å². The molecular formula is C25H23N3O4S. The van der Waals surface area contributed by atoms with Gasteiger partial charge in [0.25, 0.3) is 5.91 Å². The van der Waals surface area contributed by atoms with Gasteiger partial charge in [-0.15, -0.1) is 11.3 Å². The molecule has 168 valence electrons. The van der Waals surface area contributed by atoms with Gasteiger partial charge in [-0.3, -0.25) is 19.8 Å². The third-order valence-corrected chi connectivity index (χ3v) is 6.56. The largest absolute Gasteiger partial charge is 0.344 e. The normalized spacial score (nSPS) is 14.8. The number of rotatable bonds is 7. The van der Waals surface area contributed by atoms with Crippen molar-refractivity contribution < 1.29 is 19.2 Å². The fourth-order valence-electron chi connectivity index (χ4n) is 4.02. The number of carbonyl (C=O) groups excluding carboxylic acids is 4. The standard InChI is InChI=1S/C25H23N3O4S/c1-16-15-20(17(2)33-16)21(29)13-14-22(30)27-28-23(31)25(26-24(28)32,18-9-5-3-6-10-18)19-11-7-4-8-12-19/h3-12,15H,13-14H2,1-2H3,(H,26,32)(H,27,30). The summed E-state index contributed by atoms with van der Waals surface area (Å²) in [6.45, 7) is 3.79. The molecular weight excluding hydrogens is 438 g/mol. The molecule has 1 fully saturated rings. The van der Waals surface area contributed by atoms with Crippen LogP contribution in [0.4, 0.5) is 4.79 Å². The maximum absolute atomic E-state index is 13.5. The number of nitrogens with zero attached hydrogens (tertiary/aromatic N) is 1. The molecule has 0 spiro atoms. The van der Waals surface area contributed by atoms with E-state index in [0.717, 1.165) is 9.75 Å². The summed E-state index contributed by atoms with van der Waals surface area (Å²) >= 11 is 1.53. The number of urea groups is 1. The first-order chi connectivity index (χ1) is 15.8. The Morgan fingerprint density at radius 1 is 0.939 bits per heavy atom. The van der Waals surface area contributed by atoms with Crippen LogP contribution in [-0.4, -0.2) is 28.6 Å². The number of thiophene rings is 1. The van der Waals surface area contributed by atoms with E-state index in [2.05, 4.69) is 10.7 Å². The third-order valence-electron chi connectivity index (χ3n) is 5.59. The minimum absolute atomic E-state index is 0.0188. The topological polar surface area (TPSA) is 95.6 Å². The van der Waals surface area contributed by atoms with Crippen molar-refractivity contribution in [2.24, 2.45) is 0 Å². The van der Waals surface area contributed by atoms with Gasteiger partial charge in [-0.2, -0.15) is 5.01 Å². The van der Waals surface area contributed by atoms with E-state index in [1.807, 2.05) is 32.0 Å². The molecule has 1 aliphatic rings. The zero-order chi connectivity index (χ0) is 23.6. The Bertz CT molecular complexity index is 1180. The number of aryl methyl sites for hydroxylation is 2. The number of benzene rings is 2. The molecule has 0 saturated carbocycles. The molecule has 0 aliphatic carbocycles. The number of hydrazine groups is 1. The van der Waals surface area contributed by atoms with Crippen LogP contribution in [0.5, 0.6) is 0 Å². The molecule has 4 rings (SSSR count). The molecule has 2 heterocycles. The van der Waals surface area contributed by atoms with Crippen molar-refractivity contribution in [1.29, 1.82) is 0 Å². The summed E-state index contributed by atoms with van der Waals surface area (Å²) in [4.78, 5) is 53.3. The summed E-state index contributed by atoms with van der Waals surface area (Å²) in [5, 5.41) is 3.46. The van der Waals surface area contributed by atoms with Crippen LogP contribution in [0.15, 0.2) is 66.7 Å². The first kappa shape index (κ1) is 22.4. The Hall–Kier alpha value is -3.78. The number of hydrogen-bond acceptors (Lipinski definition) is 5. The zero-order valence-corrected chi connectivity index (χ0v) is 19.1. The number of imide groups is 1. The van der Waals surface area contributed by atoms with Gasteiger partial charge in [-0.25, -0.2) is 4.79 Å². The van der Waals surface area contributed by atoms with Crippen LogP contribution in [0.25, 0.3) is 0 Å². The summed E-state index contributed by atoms with van der Waals surface area (Å²) in [6.07, 6.45) is -0.164. The van der Waals surface area contributed by atoms with E-state index < -0.39 is 23.4 Å². The molecule has 1 aliphatic heterocycles. The molecule has 2 N–H and O–H groups in total. The first-order valence-electron chi connectivity index (χ1n) is 10.5. The van der Waals surface area contributed by atoms with Gasteiger partial charge in [0.2, 0.25) is 5.91 Å². The van der Waals surface area contributed by atoms with Gasteiger partial charge in [0.05, 0.1) is 0 Å². The van der Waals surface area contributed by atoms with Crippen LogP contribution in [-0.2, 0) is 15.1 Å². The lowest BCUT2D eigenvalue weighted by atomic mass is 9.83. The van der Waals surface area contributed by atoms with Crippen molar-refractivity contribution in [2.75, 3.05) is 0 Å². The molecule has 0 radical (unpaired) electrons. The van der Waals surface area contributed by atoms with Crippen LogP contribution in [0, 0.1) is 13.8 Å². The van der Waals surface area contributed by atoms with Gasteiger partial charge in [-0.05, 0) is 31.0 Å². The van der Waals surface area contributed by atoms with Crippen LogP contribution in [0.3, 0.4) is 0 Å². The average molecular weight is 462 g/mol. The lowest BCUT2D eigenvalue weighted by molar-refractivity contribution is -0.138. The number of amides is 4. The molecule has 0 bridgehead atoms. The quantitative estimate of drug-likeness (QED) is 0.413. The predicted octanol–water partition coefficient (Wildman–Crippen LogP) is 3.85. The predicted molar refractivity (Wildman–Crippen MR) is 125 cm³/mol. The van der Waals surface area contributed by atoms with E-state index in [9.17, 15) is 19.2 Å². The fourth-order valence-corrected chi connectivity index (χ4v) is 4.96. The minimum Gasteiger partial charge on any atom is -0.314 e. The van der Waals surface area contributed by atoms with Gasteiger partial charge in [0.15, 0.2) is 11.3 Å². The van der Waals surface area contributed by atoms with Gasteiger partial charge in [-0.1, -0.05) is 60.7 Å². The number of nitrogens with one attached hydrogen (secondary N) is 2. The number of ketones is 1. The van der Waals surface area contributed by atoms with E-state index in [0.29, 0.717) is 21.7 Å². The van der Waals surface area contributed by atoms with Crippen molar-refractivity contribution >= 4 is 35.0 Å². The molecule has 0 unspecified atom stereocenters. The molecule has 0 atom stereocenters. The molecule has 8 heteroatoms. The highest BCUT2D eigenvalue weighted by Crippen LogP contribution is 2.35. The van der Waals surface area contributed by atoms with E-state index in [1.54, 1.807) is 48.5 Å². The van der Waals surface area contributed by atoms with Crippen LogP contribution in [0.1, 0.15) is 44.1 Å². The highest BCUT2D eigenvalue weighted by Gasteiger charge is 2.54. The SMILES string of the molecule is Cc1cc(C(=O)CCC(=O)NN2C(=O)NC(c3ccccc3)(c3ccccc3)C2=O)c(C)s1. The molecule has 2 aromatic carbocycles. The van der Waals surface area contributed by atoms with Crippen LogP contribution >= 0.6 is 11.3 Å². The Morgan fingerprint density at radius 2 is 1.52 bits per heavy atom. The summed E-state index contributed by atoms with van der Waals surface area (Å²) in [5.74, 6) is -1.35. The van der Waals surface area contributed by atoms with Gasteiger partial charge < -0.3 is 5.32 Å². The Balaban J connectivity index is 1.53. The third kappa shape index (κ3) is 4.17. The van der Waals surface area contributed by atoms with Crippen molar-refractivity contribution in [3.63, 3.8) is 0 Å². The second kappa shape index (κ2) is 8.99. The molecule has 33 heavy (non-hydrogen) atoms. The highest BCUT2D eigenvalue weighted by atomic mass is 32.1. The molecule has 1 aromatic heterocycles. The number of Topliss-reactive ketones (excluding diaryl/α,β-unsaturated/α-hetero) is 1. The second-order valence-corrected chi connectivity index (χ2v) is 9.30. The fraction of sp³-hybridized carbons (Fsp3) is 0.200. The summed E-state index contributed by atoms with van der Waals surface area (Å²) in [5.41, 5.74) is 2.67. The van der Waals surface area contributed by atoms with E-state index in [1.165, 1.54) is 11.3 Å². The molecule has 7 nitrogen and oxygen atoms in total. The number of carbonyl (C=O) groups is 4.